The van der Waals surface area contributed by atoms with Crippen molar-refractivity contribution in [3.05, 3.63) is 28.2 Å². The van der Waals surface area contributed by atoms with Gasteiger partial charge in [-0.25, -0.2) is 4.79 Å². The third-order valence-electron chi connectivity index (χ3n) is 2.75. The quantitative estimate of drug-likeness (QED) is 0.782. The highest BCUT2D eigenvalue weighted by molar-refractivity contribution is 9.10. The van der Waals surface area contributed by atoms with E-state index in [1.165, 1.54) is 0 Å². The summed E-state index contributed by atoms with van der Waals surface area (Å²) in [6, 6.07) is 5.17. The third-order valence-corrected chi connectivity index (χ3v) is 3.41. The smallest absolute Gasteiger partial charge is 0.338 e. The highest BCUT2D eigenvalue weighted by Crippen LogP contribution is 2.26. The number of hydrogen-bond donors (Lipinski definition) is 3. The lowest BCUT2D eigenvalue weighted by molar-refractivity contribution is 0.0697. The SMILES string of the molecule is CC(CO)C(C)Nc1cccc(Br)c1C(=O)O. The van der Waals surface area contributed by atoms with Crippen LogP contribution in [0.3, 0.4) is 0 Å². The van der Waals surface area contributed by atoms with Crippen LogP contribution in [-0.2, 0) is 0 Å². The highest BCUT2D eigenvalue weighted by atomic mass is 79.9. The molecule has 5 heteroatoms. The van der Waals surface area contributed by atoms with Crippen molar-refractivity contribution in [2.24, 2.45) is 5.92 Å². The molecule has 94 valence electrons. The van der Waals surface area contributed by atoms with E-state index in [0.29, 0.717) is 10.2 Å². The summed E-state index contributed by atoms with van der Waals surface area (Å²) in [6.45, 7) is 3.87. The number of carbonyl (C=O) groups is 1. The summed E-state index contributed by atoms with van der Waals surface area (Å²) >= 11 is 3.22. The van der Waals surface area contributed by atoms with Gasteiger partial charge in [0.2, 0.25) is 0 Å². The van der Waals surface area contributed by atoms with E-state index < -0.39 is 5.97 Å². The molecule has 0 spiro atoms. The minimum Gasteiger partial charge on any atom is -0.478 e. The normalized spacial score (nSPS) is 14.1. The van der Waals surface area contributed by atoms with E-state index in [2.05, 4.69) is 21.2 Å². The molecule has 1 aromatic rings. The number of carboxylic acids is 1. The summed E-state index contributed by atoms with van der Waals surface area (Å²) in [5.74, 6) is -0.931. The Labute approximate surface area is 109 Å². The molecule has 0 aliphatic rings. The Hall–Kier alpha value is -1.07. The molecule has 2 unspecified atom stereocenters. The average Bonchev–Trinajstić information content (AvgIpc) is 2.27. The number of aliphatic hydroxyl groups is 1. The number of aliphatic hydroxyl groups excluding tert-OH is 1. The van der Waals surface area contributed by atoms with Crippen LogP contribution >= 0.6 is 15.9 Å². The summed E-state index contributed by atoms with van der Waals surface area (Å²) in [7, 11) is 0. The van der Waals surface area contributed by atoms with Crippen molar-refractivity contribution in [3.63, 3.8) is 0 Å². The molecule has 17 heavy (non-hydrogen) atoms. The standard InChI is InChI=1S/C12H16BrNO3/c1-7(6-15)8(2)14-10-5-3-4-9(13)11(10)12(16)17/h3-5,7-8,14-15H,6H2,1-2H3,(H,16,17). The lowest BCUT2D eigenvalue weighted by Gasteiger charge is -2.21. The van der Waals surface area contributed by atoms with E-state index in [9.17, 15) is 4.79 Å². The summed E-state index contributed by atoms with van der Waals surface area (Å²) < 4.78 is 0.541. The van der Waals surface area contributed by atoms with Crippen LogP contribution in [0.2, 0.25) is 0 Å². The van der Waals surface area contributed by atoms with E-state index in [4.69, 9.17) is 10.2 Å². The second kappa shape index (κ2) is 6.02. The van der Waals surface area contributed by atoms with Crippen molar-refractivity contribution < 1.29 is 15.0 Å². The fraction of sp³-hybridized carbons (Fsp3) is 0.417. The average molecular weight is 302 g/mol. The Morgan fingerprint density at radius 3 is 2.65 bits per heavy atom. The van der Waals surface area contributed by atoms with Crippen molar-refractivity contribution in [2.45, 2.75) is 19.9 Å². The van der Waals surface area contributed by atoms with Gasteiger partial charge in [0.25, 0.3) is 0 Å². The van der Waals surface area contributed by atoms with Crippen molar-refractivity contribution in [3.8, 4) is 0 Å². The Morgan fingerprint density at radius 2 is 2.12 bits per heavy atom. The number of anilines is 1. The maximum atomic E-state index is 11.1. The molecule has 0 radical (unpaired) electrons. The lowest BCUT2D eigenvalue weighted by atomic mass is 10.0. The van der Waals surface area contributed by atoms with Crippen LogP contribution in [0.4, 0.5) is 5.69 Å². The Morgan fingerprint density at radius 1 is 1.47 bits per heavy atom. The van der Waals surface area contributed by atoms with Gasteiger partial charge in [0.1, 0.15) is 0 Å². The van der Waals surface area contributed by atoms with E-state index in [0.717, 1.165) is 0 Å². The maximum absolute atomic E-state index is 11.1. The second-order valence-electron chi connectivity index (χ2n) is 4.06. The van der Waals surface area contributed by atoms with E-state index >= 15 is 0 Å². The molecule has 2 atom stereocenters. The van der Waals surface area contributed by atoms with Crippen LogP contribution in [0, 0.1) is 5.92 Å². The fourth-order valence-electron chi connectivity index (χ4n) is 1.41. The Kier molecular flexibility index (Phi) is 4.96. The molecule has 3 N–H and O–H groups in total. The van der Waals surface area contributed by atoms with Crippen LogP contribution in [0.1, 0.15) is 24.2 Å². The number of halogens is 1. The van der Waals surface area contributed by atoms with Crippen LogP contribution in [-0.4, -0.2) is 28.8 Å². The summed E-state index contributed by atoms with van der Waals surface area (Å²) in [5.41, 5.74) is 0.768. The number of aromatic carboxylic acids is 1. The zero-order valence-electron chi connectivity index (χ0n) is 9.77. The molecule has 0 aromatic heterocycles. The molecule has 0 saturated carbocycles. The number of nitrogens with one attached hydrogen (secondary N) is 1. The number of carboxylic acid groups (broad SMARTS) is 1. The first kappa shape index (κ1) is 14.0. The third kappa shape index (κ3) is 3.44. The molecule has 0 aliphatic heterocycles. The first-order valence-corrected chi connectivity index (χ1v) is 6.15. The molecule has 0 bridgehead atoms. The molecule has 0 heterocycles. The largest absolute Gasteiger partial charge is 0.478 e. The first-order valence-electron chi connectivity index (χ1n) is 5.36. The molecular formula is C12H16BrNO3. The molecule has 1 aromatic carbocycles. The number of rotatable bonds is 5. The number of benzene rings is 1. The molecule has 0 fully saturated rings. The van der Waals surface area contributed by atoms with Gasteiger partial charge in [-0.2, -0.15) is 0 Å². The lowest BCUT2D eigenvalue weighted by Crippen LogP contribution is -2.27. The highest BCUT2D eigenvalue weighted by Gasteiger charge is 2.17. The Balaban J connectivity index is 2.98. The molecule has 1 rings (SSSR count). The predicted molar refractivity (Wildman–Crippen MR) is 70.4 cm³/mol. The molecule has 0 aliphatic carbocycles. The maximum Gasteiger partial charge on any atom is 0.338 e. The van der Waals surface area contributed by atoms with Gasteiger partial charge in [-0.15, -0.1) is 0 Å². The van der Waals surface area contributed by atoms with Crippen molar-refractivity contribution in [1.82, 2.24) is 0 Å². The monoisotopic (exact) mass is 301 g/mol. The molecule has 0 amide bonds. The Bertz CT molecular complexity index is 409. The zero-order valence-corrected chi connectivity index (χ0v) is 11.4. The van der Waals surface area contributed by atoms with Crippen LogP contribution in [0.15, 0.2) is 22.7 Å². The minimum absolute atomic E-state index is 0.00704. The van der Waals surface area contributed by atoms with Crippen LogP contribution in [0.25, 0.3) is 0 Å². The van der Waals surface area contributed by atoms with Gasteiger partial charge < -0.3 is 15.5 Å². The first-order chi connectivity index (χ1) is 7.97. The van der Waals surface area contributed by atoms with Gasteiger partial charge in [0.05, 0.1) is 11.3 Å². The van der Waals surface area contributed by atoms with E-state index in [1.54, 1.807) is 18.2 Å². The van der Waals surface area contributed by atoms with Crippen molar-refractivity contribution in [1.29, 1.82) is 0 Å². The van der Waals surface area contributed by atoms with Gasteiger partial charge in [-0.05, 0) is 40.9 Å². The van der Waals surface area contributed by atoms with Gasteiger partial charge >= 0.3 is 5.97 Å². The fourth-order valence-corrected chi connectivity index (χ4v) is 1.94. The van der Waals surface area contributed by atoms with E-state index in [-0.39, 0.29) is 24.1 Å². The van der Waals surface area contributed by atoms with Crippen molar-refractivity contribution in [2.75, 3.05) is 11.9 Å². The molecule has 0 saturated heterocycles. The van der Waals surface area contributed by atoms with Crippen LogP contribution < -0.4 is 5.32 Å². The topological polar surface area (TPSA) is 69.6 Å². The van der Waals surface area contributed by atoms with Gasteiger partial charge in [-0.3, -0.25) is 0 Å². The zero-order chi connectivity index (χ0) is 13.0. The van der Waals surface area contributed by atoms with E-state index in [1.807, 2.05) is 13.8 Å². The minimum atomic E-state index is -0.983. The summed E-state index contributed by atoms with van der Waals surface area (Å²) in [4.78, 5) is 11.1. The van der Waals surface area contributed by atoms with Gasteiger partial charge in [0.15, 0.2) is 0 Å². The predicted octanol–water partition coefficient (Wildman–Crippen LogP) is 2.58. The summed E-state index contributed by atoms with van der Waals surface area (Å²) in [5, 5.41) is 21.3. The second-order valence-corrected chi connectivity index (χ2v) is 4.91. The van der Waals surface area contributed by atoms with Crippen molar-refractivity contribution >= 4 is 27.6 Å². The van der Waals surface area contributed by atoms with Gasteiger partial charge in [0, 0.05) is 17.1 Å². The molecule has 4 nitrogen and oxygen atoms in total. The molecular weight excluding hydrogens is 286 g/mol. The van der Waals surface area contributed by atoms with Gasteiger partial charge in [-0.1, -0.05) is 13.0 Å². The van der Waals surface area contributed by atoms with Crippen LogP contribution in [0.5, 0.6) is 0 Å². The number of hydrogen-bond acceptors (Lipinski definition) is 3. The summed E-state index contributed by atoms with van der Waals surface area (Å²) in [6.07, 6.45) is 0.